The molecule has 34 heavy (non-hydrogen) atoms. The van der Waals surface area contributed by atoms with Crippen molar-refractivity contribution < 1.29 is 22.0 Å². The van der Waals surface area contributed by atoms with Gasteiger partial charge in [-0.15, -0.1) is 0 Å². The van der Waals surface area contributed by atoms with Crippen molar-refractivity contribution in [2.45, 2.75) is 24.3 Å². The first-order valence-electron chi connectivity index (χ1n) is 11.4. The number of aryl methyl sites for hydroxylation is 1. The summed E-state index contributed by atoms with van der Waals surface area (Å²) in [6, 6.07) is 15.1. The van der Waals surface area contributed by atoms with Crippen molar-refractivity contribution >= 4 is 15.7 Å². The maximum Gasteiger partial charge on any atom is 0.244 e. The predicted molar refractivity (Wildman–Crippen MR) is 129 cm³/mol. The second kappa shape index (κ2) is 10.6. The number of furan rings is 1. The standard InChI is InChI=1S/C25H30FN3O4S/c1-3-19-6-11-24(32-2)25(17-19)34(30,31)27-18-22(23-5-4-16-33-23)29-14-12-28(13-15-29)21-9-7-20(26)8-10-21/h4-11,16-17,22,27H,3,12-15,18H2,1-2H3. The quantitative estimate of drug-likeness (QED) is 0.495. The van der Waals surface area contributed by atoms with E-state index in [9.17, 15) is 12.8 Å². The van der Waals surface area contributed by atoms with Gasteiger partial charge in [0.2, 0.25) is 10.0 Å². The molecule has 0 saturated carbocycles. The molecule has 9 heteroatoms. The van der Waals surface area contributed by atoms with E-state index in [0.29, 0.717) is 24.6 Å². The number of hydrogen-bond acceptors (Lipinski definition) is 6. The van der Waals surface area contributed by atoms with Crippen molar-refractivity contribution in [2.24, 2.45) is 0 Å². The third kappa shape index (κ3) is 5.43. The highest BCUT2D eigenvalue weighted by atomic mass is 32.2. The predicted octanol–water partition coefficient (Wildman–Crippen LogP) is 3.83. The summed E-state index contributed by atoms with van der Waals surface area (Å²) in [5.41, 5.74) is 1.89. The smallest absolute Gasteiger partial charge is 0.244 e. The summed E-state index contributed by atoms with van der Waals surface area (Å²) < 4.78 is 53.5. The van der Waals surface area contributed by atoms with Gasteiger partial charge in [-0.2, -0.15) is 0 Å². The minimum atomic E-state index is -3.81. The molecule has 0 radical (unpaired) electrons. The molecule has 1 aliphatic rings. The van der Waals surface area contributed by atoms with Gasteiger partial charge in [0.05, 0.1) is 19.4 Å². The molecule has 3 aromatic rings. The molecule has 1 aromatic heterocycles. The zero-order valence-electron chi connectivity index (χ0n) is 19.4. The highest BCUT2D eigenvalue weighted by molar-refractivity contribution is 7.89. The third-order valence-corrected chi connectivity index (χ3v) is 7.66. The van der Waals surface area contributed by atoms with Crippen LogP contribution in [0.4, 0.5) is 10.1 Å². The second-order valence-corrected chi connectivity index (χ2v) is 9.96. The number of ether oxygens (including phenoxy) is 1. The molecule has 1 saturated heterocycles. The monoisotopic (exact) mass is 487 g/mol. The maximum atomic E-state index is 13.3. The third-order valence-electron chi connectivity index (χ3n) is 6.21. The van der Waals surface area contributed by atoms with Crippen molar-refractivity contribution in [3.05, 3.63) is 78.0 Å². The van der Waals surface area contributed by atoms with Gasteiger partial charge in [0.25, 0.3) is 0 Å². The Kier molecular flexibility index (Phi) is 7.55. The SMILES string of the molecule is CCc1ccc(OC)c(S(=O)(=O)NCC(c2ccco2)N2CCN(c3ccc(F)cc3)CC2)c1. The lowest BCUT2D eigenvalue weighted by molar-refractivity contribution is 0.166. The number of halogens is 1. The lowest BCUT2D eigenvalue weighted by Crippen LogP contribution is -2.49. The first-order chi connectivity index (χ1) is 16.4. The molecular weight excluding hydrogens is 457 g/mol. The van der Waals surface area contributed by atoms with Crippen LogP contribution in [0.3, 0.4) is 0 Å². The zero-order chi connectivity index (χ0) is 24.1. The number of benzene rings is 2. The Labute approximate surface area is 200 Å². The van der Waals surface area contributed by atoms with Gasteiger partial charge in [0.1, 0.15) is 22.2 Å². The van der Waals surface area contributed by atoms with Crippen LogP contribution >= 0.6 is 0 Å². The number of piperazine rings is 1. The fourth-order valence-electron chi connectivity index (χ4n) is 4.25. The van der Waals surface area contributed by atoms with Crippen LogP contribution in [0.15, 0.2) is 70.2 Å². The summed E-state index contributed by atoms with van der Waals surface area (Å²) in [6.07, 6.45) is 2.32. The molecule has 2 aromatic carbocycles. The van der Waals surface area contributed by atoms with E-state index < -0.39 is 10.0 Å². The van der Waals surface area contributed by atoms with Crippen molar-refractivity contribution in [3.8, 4) is 5.75 Å². The summed E-state index contributed by atoms with van der Waals surface area (Å²) in [6.45, 7) is 5.03. The van der Waals surface area contributed by atoms with Crippen molar-refractivity contribution in [1.29, 1.82) is 0 Å². The van der Waals surface area contributed by atoms with Crippen LogP contribution < -0.4 is 14.4 Å². The van der Waals surface area contributed by atoms with Gasteiger partial charge < -0.3 is 14.1 Å². The molecule has 1 N–H and O–H groups in total. The van der Waals surface area contributed by atoms with Crippen LogP contribution in [-0.2, 0) is 16.4 Å². The molecule has 1 aliphatic heterocycles. The summed E-state index contributed by atoms with van der Waals surface area (Å²) in [5, 5.41) is 0. The van der Waals surface area contributed by atoms with Crippen LogP contribution in [-0.4, -0.2) is 53.2 Å². The van der Waals surface area contributed by atoms with E-state index in [1.165, 1.54) is 19.2 Å². The Morgan fingerprint density at radius 1 is 1.09 bits per heavy atom. The molecular formula is C25H30FN3O4S. The number of rotatable bonds is 9. The van der Waals surface area contributed by atoms with Crippen molar-refractivity contribution in [1.82, 2.24) is 9.62 Å². The summed E-state index contributed by atoms with van der Waals surface area (Å²) in [7, 11) is -2.34. The van der Waals surface area contributed by atoms with Crippen LogP contribution in [0.1, 0.15) is 24.3 Å². The summed E-state index contributed by atoms with van der Waals surface area (Å²) in [5.74, 6) is 0.757. The Morgan fingerprint density at radius 3 is 2.44 bits per heavy atom. The van der Waals surface area contributed by atoms with E-state index in [1.807, 2.05) is 19.1 Å². The van der Waals surface area contributed by atoms with Gasteiger partial charge in [0.15, 0.2) is 0 Å². The van der Waals surface area contributed by atoms with Crippen LogP contribution in [0.5, 0.6) is 5.75 Å². The molecule has 7 nitrogen and oxygen atoms in total. The van der Waals surface area contributed by atoms with Crippen LogP contribution in [0.2, 0.25) is 0 Å². The first kappa shape index (κ1) is 24.3. The highest BCUT2D eigenvalue weighted by Gasteiger charge is 2.29. The van der Waals surface area contributed by atoms with Crippen LogP contribution in [0.25, 0.3) is 0 Å². The summed E-state index contributed by atoms with van der Waals surface area (Å²) >= 11 is 0. The Morgan fingerprint density at radius 2 is 1.82 bits per heavy atom. The number of methoxy groups -OCH3 is 1. The fraction of sp³-hybridized carbons (Fsp3) is 0.360. The number of anilines is 1. The van der Waals surface area contributed by atoms with Gasteiger partial charge in [-0.25, -0.2) is 17.5 Å². The topological polar surface area (TPSA) is 75.0 Å². The Hall–Kier alpha value is -2.88. The van der Waals surface area contributed by atoms with E-state index in [1.54, 1.807) is 36.6 Å². The molecule has 0 bridgehead atoms. The van der Waals surface area contributed by atoms with Gasteiger partial charge >= 0.3 is 0 Å². The zero-order valence-corrected chi connectivity index (χ0v) is 20.2. The number of hydrogen-bond donors (Lipinski definition) is 1. The molecule has 2 heterocycles. The van der Waals surface area contributed by atoms with Gasteiger partial charge in [-0.1, -0.05) is 13.0 Å². The molecule has 182 valence electrons. The Balaban J connectivity index is 1.48. The Bertz CT molecular complexity index is 1180. The lowest BCUT2D eigenvalue weighted by Gasteiger charge is -2.39. The van der Waals surface area contributed by atoms with Gasteiger partial charge in [-0.05, 0) is 60.5 Å². The molecule has 0 aliphatic carbocycles. The molecule has 1 atom stereocenters. The second-order valence-electron chi connectivity index (χ2n) is 8.22. The first-order valence-corrected chi connectivity index (χ1v) is 12.8. The summed E-state index contributed by atoms with van der Waals surface area (Å²) in [4.78, 5) is 4.54. The number of sulfonamides is 1. The largest absolute Gasteiger partial charge is 0.495 e. The van der Waals surface area contributed by atoms with Crippen molar-refractivity contribution in [3.63, 3.8) is 0 Å². The van der Waals surface area contributed by atoms with Crippen LogP contribution in [0, 0.1) is 5.82 Å². The maximum absolute atomic E-state index is 13.3. The van der Waals surface area contributed by atoms with E-state index in [2.05, 4.69) is 14.5 Å². The van der Waals surface area contributed by atoms with E-state index in [4.69, 9.17) is 9.15 Å². The van der Waals surface area contributed by atoms with E-state index in [-0.39, 0.29) is 23.3 Å². The van der Waals surface area contributed by atoms with Gasteiger partial charge in [-0.3, -0.25) is 4.90 Å². The molecule has 0 amide bonds. The van der Waals surface area contributed by atoms with E-state index >= 15 is 0 Å². The minimum Gasteiger partial charge on any atom is -0.495 e. The molecule has 1 fully saturated rings. The normalized spacial score (nSPS) is 15.9. The number of nitrogens with zero attached hydrogens (tertiary/aromatic N) is 2. The molecule has 0 spiro atoms. The highest BCUT2D eigenvalue weighted by Crippen LogP contribution is 2.28. The molecule has 1 unspecified atom stereocenters. The van der Waals surface area contributed by atoms with Gasteiger partial charge in [0, 0.05) is 38.4 Å². The van der Waals surface area contributed by atoms with Crippen molar-refractivity contribution in [2.75, 3.05) is 44.7 Å². The average Bonchev–Trinajstić information content (AvgIpc) is 3.39. The molecule has 4 rings (SSSR count). The van der Waals surface area contributed by atoms with E-state index in [0.717, 1.165) is 30.8 Å². The number of nitrogens with one attached hydrogen (secondary N) is 1. The average molecular weight is 488 g/mol. The lowest BCUT2D eigenvalue weighted by atomic mass is 10.1. The fourth-order valence-corrected chi connectivity index (χ4v) is 5.51. The minimum absolute atomic E-state index is 0.133.